The van der Waals surface area contributed by atoms with E-state index in [0.717, 1.165) is 23.2 Å². The van der Waals surface area contributed by atoms with Crippen LogP contribution >= 0.6 is 0 Å². The lowest BCUT2D eigenvalue weighted by Crippen LogP contribution is -2.38. The van der Waals surface area contributed by atoms with Crippen LogP contribution in [0.4, 0.5) is 5.69 Å². The molecule has 5 nitrogen and oxygen atoms in total. The van der Waals surface area contributed by atoms with Gasteiger partial charge in [0, 0.05) is 23.4 Å². The van der Waals surface area contributed by atoms with Gasteiger partial charge < -0.3 is 14.4 Å². The summed E-state index contributed by atoms with van der Waals surface area (Å²) in [7, 11) is 0. The summed E-state index contributed by atoms with van der Waals surface area (Å²) in [6, 6.07) is 15.3. The van der Waals surface area contributed by atoms with Crippen LogP contribution in [0.5, 0.6) is 5.75 Å². The van der Waals surface area contributed by atoms with Crippen molar-refractivity contribution in [2.45, 2.75) is 26.3 Å². The van der Waals surface area contributed by atoms with Crippen LogP contribution in [0.25, 0.3) is 6.08 Å². The summed E-state index contributed by atoms with van der Waals surface area (Å²) in [5.41, 5.74) is 2.81. The molecule has 0 saturated carbocycles. The summed E-state index contributed by atoms with van der Waals surface area (Å²) in [5.74, 6) is -0.0821. The third kappa shape index (κ3) is 4.37. The third-order valence-corrected chi connectivity index (χ3v) is 4.43. The topological polar surface area (TPSA) is 55.8 Å². The summed E-state index contributed by atoms with van der Waals surface area (Å²) in [6.45, 7) is 4.15. The quantitative estimate of drug-likeness (QED) is 0.580. The number of para-hydroxylation sites is 2. The second-order valence-electron chi connectivity index (χ2n) is 6.36. The fourth-order valence-corrected chi connectivity index (χ4v) is 3.26. The predicted octanol–water partition coefficient (Wildman–Crippen LogP) is 3.62. The molecule has 140 valence electrons. The molecule has 1 aliphatic rings. The van der Waals surface area contributed by atoms with Crippen molar-refractivity contribution < 1.29 is 19.1 Å². The molecule has 1 amide bonds. The van der Waals surface area contributed by atoms with Gasteiger partial charge in [0.1, 0.15) is 5.75 Å². The molecular weight excluding hydrogens is 342 g/mol. The largest absolute Gasteiger partial charge is 0.493 e. The van der Waals surface area contributed by atoms with Crippen molar-refractivity contribution in [3.8, 4) is 5.75 Å². The number of carbonyl (C=O) groups is 2. The molecule has 0 fully saturated rings. The number of anilines is 1. The Morgan fingerprint density at radius 1 is 1.15 bits per heavy atom. The van der Waals surface area contributed by atoms with Gasteiger partial charge >= 0.3 is 5.97 Å². The highest BCUT2D eigenvalue weighted by atomic mass is 16.5. The van der Waals surface area contributed by atoms with Gasteiger partial charge in [0.2, 0.25) is 0 Å². The van der Waals surface area contributed by atoms with Crippen LogP contribution in [-0.2, 0) is 20.7 Å². The van der Waals surface area contributed by atoms with E-state index in [2.05, 4.69) is 0 Å². The lowest BCUT2D eigenvalue weighted by Gasteiger charge is -2.22. The number of carbonyl (C=O) groups excluding carboxylic acids is 2. The summed E-state index contributed by atoms with van der Waals surface area (Å²) >= 11 is 0. The summed E-state index contributed by atoms with van der Waals surface area (Å²) < 4.78 is 10.7. The molecule has 0 unspecified atom stereocenters. The predicted molar refractivity (Wildman–Crippen MR) is 105 cm³/mol. The monoisotopic (exact) mass is 365 g/mol. The molecular formula is C22H23NO4. The second-order valence-corrected chi connectivity index (χ2v) is 6.36. The van der Waals surface area contributed by atoms with E-state index < -0.39 is 5.97 Å². The zero-order chi connectivity index (χ0) is 19.2. The van der Waals surface area contributed by atoms with Crippen LogP contribution in [0, 0.1) is 0 Å². The van der Waals surface area contributed by atoms with Gasteiger partial charge in [-0.1, -0.05) is 36.4 Å². The fourth-order valence-electron chi connectivity index (χ4n) is 3.26. The number of hydrogen-bond donors (Lipinski definition) is 0. The average molecular weight is 365 g/mol. The molecule has 0 aromatic heterocycles. The van der Waals surface area contributed by atoms with Gasteiger partial charge in [-0.15, -0.1) is 0 Å². The van der Waals surface area contributed by atoms with Gasteiger partial charge in [-0.2, -0.15) is 0 Å². The van der Waals surface area contributed by atoms with Crippen molar-refractivity contribution in [3.63, 3.8) is 0 Å². The van der Waals surface area contributed by atoms with Crippen LogP contribution < -0.4 is 9.64 Å². The Labute approximate surface area is 159 Å². The molecule has 2 aromatic rings. The highest BCUT2D eigenvalue weighted by molar-refractivity contribution is 5.98. The first-order valence-corrected chi connectivity index (χ1v) is 9.06. The van der Waals surface area contributed by atoms with E-state index in [-0.39, 0.29) is 18.6 Å². The molecule has 27 heavy (non-hydrogen) atoms. The molecule has 3 rings (SSSR count). The Hall–Kier alpha value is -3.08. The van der Waals surface area contributed by atoms with Crippen LogP contribution in [0.15, 0.2) is 54.6 Å². The lowest BCUT2D eigenvalue weighted by molar-refractivity contribution is -0.143. The minimum atomic E-state index is -0.560. The molecule has 1 aliphatic heterocycles. The Balaban J connectivity index is 1.59. The van der Waals surface area contributed by atoms with Crippen molar-refractivity contribution in [1.82, 2.24) is 0 Å². The first-order chi connectivity index (χ1) is 13.1. The number of hydrogen-bond acceptors (Lipinski definition) is 4. The van der Waals surface area contributed by atoms with E-state index in [0.29, 0.717) is 12.4 Å². The first kappa shape index (κ1) is 18.7. The van der Waals surface area contributed by atoms with Crippen molar-refractivity contribution in [3.05, 3.63) is 65.7 Å². The van der Waals surface area contributed by atoms with Crippen LogP contribution in [0.3, 0.4) is 0 Å². The Bertz CT molecular complexity index is 859. The Morgan fingerprint density at radius 3 is 2.70 bits per heavy atom. The van der Waals surface area contributed by atoms with E-state index in [1.165, 1.54) is 6.08 Å². The van der Waals surface area contributed by atoms with Gasteiger partial charge in [0.25, 0.3) is 5.91 Å². The lowest BCUT2D eigenvalue weighted by atomic mass is 10.1. The highest BCUT2D eigenvalue weighted by Crippen LogP contribution is 2.31. The molecule has 5 heteroatoms. The molecule has 0 spiro atoms. The van der Waals surface area contributed by atoms with Gasteiger partial charge in [-0.05, 0) is 44.0 Å². The van der Waals surface area contributed by atoms with E-state index in [1.54, 1.807) is 11.0 Å². The average Bonchev–Trinajstić information content (AvgIpc) is 3.01. The van der Waals surface area contributed by atoms with Gasteiger partial charge in [-0.3, -0.25) is 4.79 Å². The SMILES string of the molecule is CCOc1ccccc1/C=C/C(=O)OCC(=O)N1c2ccccc2C[C@@H]1C. The summed E-state index contributed by atoms with van der Waals surface area (Å²) in [6.07, 6.45) is 3.75. The highest BCUT2D eigenvalue weighted by Gasteiger charge is 2.30. The van der Waals surface area contributed by atoms with Crippen molar-refractivity contribution in [1.29, 1.82) is 0 Å². The fraction of sp³-hybridized carbons (Fsp3) is 0.273. The van der Waals surface area contributed by atoms with Gasteiger partial charge in [-0.25, -0.2) is 4.79 Å². The summed E-state index contributed by atoms with van der Waals surface area (Å²) in [4.78, 5) is 26.3. The minimum absolute atomic E-state index is 0.0576. The molecule has 0 aliphatic carbocycles. The van der Waals surface area contributed by atoms with Gasteiger partial charge in [0.15, 0.2) is 6.61 Å². The molecule has 0 N–H and O–H groups in total. The second kappa shape index (κ2) is 8.54. The molecule has 2 aromatic carbocycles. The number of fused-ring (bicyclic) bond motifs is 1. The molecule has 1 heterocycles. The molecule has 1 atom stereocenters. The number of ether oxygens (including phenoxy) is 2. The zero-order valence-corrected chi connectivity index (χ0v) is 15.6. The van der Waals surface area contributed by atoms with E-state index >= 15 is 0 Å². The maximum Gasteiger partial charge on any atom is 0.331 e. The third-order valence-electron chi connectivity index (χ3n) is 4.43. The molecule has 0 saturated heterocycles. The Kier molecular flexibility index (Phi) is 5.91. The standard InChI is InChI=1S/C22H23NO4/c1-3-26-20-11-7-5-8-17(20)12-13-22(25)27-15-21(24)23-16(2)14-18-9-4-6-10-19(18)23/h4-13,16H,3,14-15H2,1-2H3/b13-12+/t16-/m0/s1. The first-order valence-electron chi connectivity index (χ1n) is 9.06. The van der Waals surface area contributed by atoms with Crippen LogP contribution in [0.2, 0.25) is 0 Å². The van der Waals surface area contributed by atoms with Crippen molar-refractivity contribution >= 4 is 23.6 Å². The van der Waals surface area contributed by atoms with E-state index in [4.69, 9.17) is 9.47 Å². The molecule has 0 bridgehead atoms. The van der Waals surface area contributed by atoms with Gasteiger partial charge in [0.05, 0.1) is 6.61 Å². The van der Waals surface area contributed by atoms with E-state index in [9.17, 15) is 9.59 Å². The number of nitrogens with zero attached hydrogens (tertiary/aromatic N) is 1. The summed E-state index contributed by atoms with van der Waals surface area (Å²) in [5, 5.41) is 0. The number of esters is 1. The number of rotatable bonds is 6. The maximum absolute atomic E-state index is 12.5. The maximum atomic E-state index is 12.5. The smallest absolute Gasteiger partial charge is 0.331 e. The number of amides is 1. The molecule has 0 radical (unpaired) electrons. The zero-order valence-electron chi connectivity index (χ0n) is 15.6. The normalized spacial score (nSPS) is 15.6. The minimum Gasteiger partial charge on any atom is -0.493 e. The number of benzene rings is 2. The van der Waals surface area contributed by atoms with Crippen molar-refractivity contribution in [2.24, 2.45) is 0 Å². The van der Waals surface area contributed by atoms with Crippen LogP contribution in [-0.4, -0.2) is 31.1 Å². The Morgan fingerprint density at radius 2 is 1.89 bits per heavy atom. The van der Waals surface area contributed by atoms with E-state index in [1.807, 2.05) is 62.4 Å². The van der Waals surface area contributed by atoms with Crippen molar-refractivity contribution in [2.75, 3.05) is 18.1 Å². The van der Waals surface area contributed by atoms with Crippen LogP contribution in [0.1, 0.15) is 25.0 Å².